The van der Waals surface area contributed by atoms with Gasteiger partial charge in [-0.1, -0.05) is 23.7 Å². The van der Waals surface area contributed by atoms with E-state index in [0.29, 0.717) is 33.9 Å². The van der Waals surface area contributed by atoms with E-state index in [9.17, 15) is 9.59 Å². The van der Waals surface area contributed by atoms with E-state index in [1.807, 2.05) is 18.2 Å². The van der Waals surface area contributed by atoms with Crippen LogP contribution in [-0.4, -0.2) is 5.91 Å². The lowest BCUT2D eigenvalue weighted by atomic mass is 10.1. The average molecular weight is 344 g/mol. The van der Waals surface area contributed by atoms with Gasteiger partial charge in [0.2, 0.25) is 5.91 Å². The number of ether oxygens (including phenoxy) is 1. The van der Waals surface area contributed by atoms with Crippen LogP contribution in [0.5, 0.6) is 5.75 Å². The van der Waals surface area contributed by atoms with Crippen LogP contribution in [0.4, 0.5) is 0 Å². The maximum Gasteiger partial charge on any atom is 0.336 e. The molecule has 24 heavy (non-hydrogen) atoms. The first-order valence-electron chi connectivity index (χ1n) is 7.23. The number of hydrogen-bond acceptors (Lipinski definition) is 4. The number of hydrogen-bond donors (Lipinski definition) is 1. The molecule has 1 amide bonds. The third kappa shape index (κ3) is 3.75. The van der Waals surface area contributed by atoms with Gasteiger partial charge in [0.25, 0.3) is 0 Å². The lowest BCUT2D eigenvalue weighted by Crippen LogP contribution is -2.15. The van der Waals surface area contributed by atoms with Crippen molar-refractivity contribution < 1.29 is 13.9 Å². The highest BCUT2D eigenvalue weighted by Crippen LogP contribution is 2.24. The number of carbonyl (C=O) groups excluding carboxylic acids is 1. The highest BCUT2D eigenvalue weighted by molar-refractivity contribution is 6.30. The van der Waals surface area contributed by atoms with Crippen LogP contribution in [0.3, 0.4) is 0 Å². The summed E-state index contributed by atoms with van der Waals surface area (Å²) >= 11 is 5.94. The van der Waals surface area contributed by atoms with Crippen molar-refractivity contribution in [2.45, 2.75) is 13.0 Å². The third-order valence-electron chi connectivity index (χ3n) is 3.46. The summed E-state index contributed by atoms with van der Waals surface area (Å²) in [4.78, 5) is 22.8. The monoisotopic (exact) mass is 343 g/mol. The second kappa shape index (κ2) is 6.76. The zero-order valence-electron chi connectivity index (χ0n) is 12.6. The molecule has 122 valence electrons. The third-order valence-corrected chi connectivity index (χ3v) is 3.70. The molecule has 0 aliphatic heterocycles. The quantitative estimate of drug-likeness (QED) is 0.722. The van der Waals surface area contributed by atoms with E-state index in [0.717, 1.165) is 5.56 Å². The molecule has 0 bridgehead atoms. The number of nitrogens with two attached hydrogens (primary N) is 1. The van der Waals surface area contributed by atoms with Crippen molar-refractivity contribution in [1.29, 1.82) is 0 Å². The zero-order valence-corrected chi connectivity index (χ0v) is 13.4. The van der Waals surface area contributed by atoms with Crippen LogP contribution < -0.4 is 16.1 Å². The van der Waals surface area contributed by atoms with Gasteiger partial charge in [-0.15, -0.1) is 0 Å². The summed E-state index contributed by atoms with van der Waals surface area (Å²) in [6.07, 6.45) is -0.0230. The van der Waals surface area contributed by atoms with Gasteiger partial charge in [0, 0.05) is 22.5 Å². The minimum Gasteiger partial charge on any atom is -0.489 e. The van der Waals surface area contributed by atoms with E-state index in [1.54, 1.807) is 24.3 Å². The second-order valence-electron chi connectivity index (χ2n) is 5.31. The van der Waals surface area contributed by atoms with Gasteiger partial charge in [-0.3, -0.25) is 4.79 Å². The molecule has 0 atom stereocenters. The van der Waals surface area contributed by atoms with E-state index < -0.39 is 11.5 Å². The summed E-state index contributed by atoms with van der Waals surface area (Å²) in [5.74, 6) is 0.0324. The predicted molar refractivity (Wildman–Crippen MR) is 91.2 cm³/mol. The Kier molecular flexibility index (Phi) is 4.53. The van der Waals surface area contributed by atoms with Gasteiger partial charge >= 0.3 is 5.63 Å². The minimum absolute atomic E-state index is 0.0230. The predicted octanol–water partition coefficient (Wildman–Crippen LogP) is 3.05. The lowest BCUT2D eigenvalue weighted by molar-refractivity contribution is -0.117. The molecule has 3 rings (SSSR count). The molecule has 0 radical (unpaired) electrons. The molecule has 0 unspecified atom stereocenters. The molecule has 1 aromatic heterocycles. The molecule has 0 saturated carbocycles. The summed E-state index contributed by atoms with van der Waals surface area (Å²) in [6.45, 7) is 0.331. The normalized spacial score (nSPS) is 10.7. The number of rotatable bonds is 5. The Balaban J connectivity index is 1.88. The fraction of sp³-hybridized carbons (Fsp3) is 0.111. The standard InChI is InChI=1S/C18H14ClNO4/c19-13-3-1-2-11(6-13)10-23-14-4-5-15-12(7-17(20)21)8-18(22)24-16(15)9-14/h1-6,8-9H,7,10H2,(H2,20,21). The first kappa shape index (κ1) is 16.1. The van der Waals surface area contributed by atoms with E-state index in [1.165, 1.54) is 6.07 Å². The van der Waals surface area contributed by atoms with Crippen molar-refractivity contribution in [3.8, 4) is 5.75 Å². The molecule has 0 fully saturated rings. The minimum atomic E-state index is -0.536. The first-order valence-corrected chi connectivity index (χ1v) is 7.61. The molecular formula is C18H14ClNO4. The molecule has 0 aliphatic rings. The molecule has 1 heterocycles. The fourth-order valence-corrected chi connectivity index (χ4v) is 2.64. The van der Waals surface area contributed by atoms with Crippen LogP contribution in [0.1, 0.15) is 11.1 Å². The number of fused-ring (bicyclic) bond motifs is 1. The van der Waals surface area contributed by atoms with Crippen molar-refractivity contribution in [2.24, 2.45) is 5.73 Å². The van der Waals surface area contributed by atoms with E-state index in [4.69, 9.17) is 26.5 Å². The Morgan fingerprint density at radius 2 is 2.00 bits per heavy atom. The lowest BCUT2D eigenvalue weighted by Gasteiger charge is -2.08. The molecule has 2 aromatic carbocycles. The van der Waals surface area contributed by atoms with Crippen LogP contribution in [0.2, 0.25) is 5.02 Å². The van der Waals surface area contributed by atoms with Crippen LogP contribution in [-0.2, 0) is 17.8 Å². The summed E-state index contributed by atoms with van der Waals surface area (Å²) < 4.78 is 10.9. The van der Waals surface area contributed by atoms with Gasteiger partial charge in [0.1, 0.15) is 17.9 Å². The Morgan fingerprint density at radius 1 is 1.17 bits per heavy atom. The number of carbonyl (C=O) groups is 1. The maximum absolute atomic E-state index is 11.6. The van der Waals surface area contributed by atoms with Gasteiger partial charge in [-0.05, 0) is 35.4 Å². The summed E-state index contributed by atoms with van der Waals surface area (Å²) in [5, 5.41) is 1.29. The topological polar surface area (TPSA) is 82.5 Å². The fourth-order valence-electron chi connectivity index (χ4n) is 2.43. The first-order chi connectivity index (χ1) is 11.5. The molecule has 3 aromatic rings. The van der Waals surface area contributed by atoms with E-state index >= 15 is 0 Å². The summed E-state index contributed by atoms with van der Waals surface area (Å²) in [5.41, 5.74) is 6.49. The summed E-state index contributed by atoms with van der Waals surface area (Å²) in [7, 11) is 0. The Hall–Kier alpha value is -2.79. The van der Waals surface area contributed by atoms with Crippen LogP contribution in [0, 0.1) is 0 Å². The van der Waals surface area contributed by atoms with Crippen LogP contribution in [0.15, 0.2) is 57.7 Å². The smallest absolute Gasteiger partial charge is 0.336 e. The summed E-state index contributed by atoms with van der Waals surface area (Å²) in [6, 6.07) is 13.7. The molecule has 5 nitrogen and oxygen atoms in total. The average Bonchev–Trinajstić information content (AvgIpc) is 2.52. The van der Waals surface area contributed by atoms with Crippen molar-refractivity contribution in [2.75, 3.05) is 0 Å². The molecule has 6 heteroatoms. The van der Waals surface area contributed by atoms with Gasteiger partial charge in [-0.2, -0.15) is 0 Å². The zero-order chi connectivity index (χ0) is 17.1. The number of primary amides is 1. The molecule has 2 N–H and O–H groups in total. The highest BCUT2D eigenvalue weighted by Gasteiger charge is 2.09. The molecule has 0 saturated heterocycles. The highest BCUT2D eigenvalue weighted by atomic mass is 35.5. The van der Waals surface area contributed by atoms with Crippen molar-refractivity contribution in [1.82, 2.24) is 0 Å². The largest absolute Gasteiger partial charge is 0.489 e. The SMILES string of the molecule is NC(=O)Cc1cc(=O)oc2cc(OCc3cccc(Cl)c3)ccc12. The van der Waals surface area contributed by atoms with Gasteiger partial charge in [-0.25, -0.2) is 4.79 Å². The number of halogens is 1. The maximum atomic E-state index is 11.6. The molecule has 0 spiro atoms. The van der Waals surface area contributed by atoms with E-state index in [-0.39, 0.29) is 6.42 Å². The van der Waals surface area contributed by atoms with Crippen molar-refractivity contribution in [3.05, 3.63) is 75.1 Å². The van der Waals surface area contributed by atoms with Crippen molar-refractivity contribution >= 4 is 28.5 Å². The van der Waals surface area contributed by atoms with Crippen molar-refractivity contribution in [3.63, 3.8) is 0 Å². The Labute approximate surface area is 142 Å². The molecule has 0 aliphatic carbocycles. The van der Waals surface area contributed by atoms with E-state index in [2.05, 4.69) is 0 Å². The van der Waals surface area contributed by atoms with Crippen LogP contribution in [0.25, 0.3) is 11.0 Å². The number of amides is 1. The van der Waals surface area contributed by atoms with Gasteiger partial charge in [0.15, 0.2) is 0 Å². The Bertz CT molecular complexity index is 965. The van der Waals surface area contributed by atoms with Gasteiger partial charge < -0.3 is 14.9 Å². The van der Waals surface area contributed by atoms with Gasteiger partial charge in [0.05, 0.1) is 6.42 Å². The van der Waals surface area contributed by atoms with Crippen LogP contribution >= 0.6 is 11.6 Å². The molecular weight excluding hydrogens is 330 g/mol. The Morgan fingerprint density at radius 3 is 2.75 bits per heavy atom. The second-order valence-corrected chi connectivity index (χ2v) is 5.75. The number of benzene rings is 2.